The molecule has 0 aromatic carbocycles. The molecule has 0 saturated heterocycles. The van der Waals surface area contributed by atoms with Gasteiger partial charge in [-0.1, -0.05) is 32.8 Å². The van der Waals surface area contributed by atoms with Crippen molar-refractivity contribution in [2.24, 2.45) is 5.41 Å². The highest BCUT2D eigenvalue weighted by molar-refractivity contribution is 5.25. The highest BCUT2D eigenvalue weighted by atomic mass is 16.4. The van der Waals surface area contributed by atoms with E-state index in [2.05, 4.69) is 43.2 Å². The minimum Gasteiger partial charge on any atom is -0.407 e. The molecule has 0 aliphatic rings. The van der Waals surface area contributed by atoms with E-state index in [1.54, 1.807) is 0 Å². The Balaban J connectivity index is 2.69. The Kier molecular flexibility index (Phi) is 4.51. The van der Waals surface area contributed by atoms with Crippen molar-refractivity contribution in [3.05, 3.63) is 5.89 Å². The fraction of sp³-hybridized carbons (Fsp3) is 0.833. The van der Waals surface area contributed by atoms with E-state index in [1.165, 1.54) is 0 Å². The van der Waals surface area contributed by atoms with Crippen LogP contribution in [0.1, 0.15) is 40.5 Å². The van der Waals surface area contributed by atoms with Crippen LogP contribution in [0.3, 0.4) is 0 Å². The minimum atomic E-state index is 0.172. The van der Waals surface area contributed by atoms with Gasteiger partial charge >= 0.3 is 6.01 Å². The lowest BCUT2D eigenvalue weighted by atomic mass is 9.87. The van der Waals surface area contributed by atoms with Gasteiger partial charge in [0.1, 0.15) is 0 Å². The molecule has 5 heteroatoms. The predicted octanol–water partition coefficient (Wildman–Crippen LogP) is 2.05. The Morgan fingerprint density at radius 2 is 2.00 bits per heavy atom. The zero-order valence-electron chi connectivity index (χ0n) is 11.7. The molecule has 0 amide bonds. The van der Waals surface area contributed by atoms with Crippen molar-refractivity contribution in [2.45, 2.75) is 47.2 Å². The van der Waals surface area contributed by atoms with E-state index in [0.29, 0.717) is 24.5 Å². The largest absolute Gasteiger partial charge is 0.407 e. The van der Waals surface area contributed by atoms with Gasteiger partial charge in [-0.05, 0) is 18.9 Å². The lowest BCUT2D eigenvalue weighted by molar-refractivity contribution is 0.316. The Labute approximate surface area is 104 Å². The lowest BCUT2D eigenvalue weighted by Crippen LogP contribution is -2.39. The molecule has 98 valence electrons. The first-order valence-corrected chi connectivity index (χ1v) is 6.12. The van der Waals surface area contributed by atoms with Crippen LogP contribution in [0, 0.1) is 5.41 Å². The van der Waals surface area contributed by atoms with Gasteiger partial charge in [-0.15, -0.1) is 5.10 Å². The lowest BCUT2D eigenvalue weighted by Gasteiger charge is -2.34. The average molecular weight is 240 g/mol. The number of hydrogen-bond acceptors (Lipinski definition) is 5. The van der Waals surface area contributed by atoms with Crippen molar-refractivity contribution >= 4 is 6.01 Å². The molecule has 17 heavy (non-hydrogen) atoms. The standard InChI is InChI=1S/C12H24N4O/c1-7-13-8-10-14-15-11(17-10)16(6)9(2)12(3,4)5/h9,13H,7-8H2,1-6H3. The molecule has 0 spiro atoms. The molecule has 0 bridgehead atoms. The normalized spacial score (nSPS) is 13.8. The van der Waals surface area contributed by atoms with E-state index in [4.69, 9.17) is 4.42 Å². The molecular weight excluding hydrogens is 216 g/mol. The van der Waals surface area contributed by atoms with Gasteiger partial charge in [-0.25, -0.2) is 0 Å². The summed E-state index contributed by atoms with van der Waals surface area (Å²) in [6.45, 7) is 12.3. The first kappa shape index (κ1) is 14.0. The van der Waals surface area contributed by atoms with Crippen molar-refractivity contribution in [3.63, 3.8) is 0 Å². The van der Waals surface area contributed by atoms with Crippen LogP contribution in [0.25, 0.3) is 0 Å². The van der Waals surface area contributed by atoms with Gasteiger partial charge in [0.2, 0.25) is 5.89 Å². The van der Waals surface area contributed by atoms with Gasteiger partial charge < -0.3 is 14.6 Å². The van der Waals surface area contributed by atoms with Gasteiger partial charge in [0.15, 0.2) is 0 Å². The molecule has 5 nitrogen and oxygen atoms in total. The average Bonchev–Trinajstić information content (AvgIpc) is 2.71. The van der Waals surface area contributed by atoms with Crippen LogP contribution >= 0.6 is 0 Å². The molecule has 1 aromatic rings. The second-order valence-electron chi connectivity index (χ2n) is 5.41. The zero-order valence-corrected chi connectivity index (χ0v) is 11.7. The number of nitrogens with one attached hydrogen (secondary N) is 1. The molecule has 1 N–H and O–H groups in total. The smallest absolute Gasteiger partial charge is 0.318 e. The van der Waals surface area contributed by atoms with E-state index in [1.807, 2.05) is 18.9 Å². The molecule has 1 unspecified atom stereocenters. The Bertz CT molecular complexity index is 343. The first-order valence-electron chi connectivity index (χ1n) is 6.12. The molecule has 0 fully saturated rings. The zero-order chi connectivity index (χ0) is 13.1. The summed E-state index contributed by atoms with van der Waals surface area (Å²) in [7, 11) is 1.99. The summed E-state index contributed by atoms with van der Waals surface area (Å²) in [6.07, 6.45) is 0. The monoisotopic (exact) mass is 240 g/mol. The summed E-state index contributed by atoms with van der Waals surface area (Å²) in [5, 5.41) is 11.3. The van der Waals surface area contributed by atoms with Crippen molar-refractivity contribution in [1.29, 1.82) is 0 Å². The third-order valence-corrected chi connectivity index (χ3v) is 3.12. The SMILES string of the molecule is CCNCc1nnc(N(C)C(C)C(C)(C)C)o1. The first-order chi connectivity index (χ1) is 7.86. The van der Waals surface area contributed by atoms with Crippen molar-refractivity contribution in [3.8, 4) is 0 Å². The molecular formula is C12H24N4O. The maximum Gasteiger partial charge on any atom is 0.318 e. The summed E-state index contributed by atoms with van der Waals surface area (Å²) in [5.74, 6) is 0.634. The van der Waals surface area contributed by atoms with E-state index >= 15 is 0 Å². The van der Waals surface area contributed by atoms with Crippen LogP contribution < -0.4 is 10.2 Å². The quantitative estimate of drug-likeness (QED) is 0.853. The third-order valence-electron chi connectivity index (χ3n) is 3.12. The Morgan fingerprint density at radius 3 is 2.53 bits per heavy atom. The summed E-state index contributed by atoms with van der Waals surface area (Å²) < 4.78 is 5.60. The van der Waals surface area contributed by atoms with Gasteiger partial charge in [0, 0.05) is 13.1 Å². The molecule has 1 heterocycles. The Hall–Kier alpha value is -1.10. The third kappa shape index (κ3) is 3.70. The van der Waals surface area contributed by atoms with E-state index in [0.717, 1.165) is 6.54 Å². The second-order valence-corrected chi connectivity index (χ2v) is 5.41. The van der Waals surface area contributed by atoms with Crippen molar-refractivity contribution in [2.75, 3.05) is 18.5 Å². The van der Waals surface area contributed by atoms with Crippen LogP contribution in [0.15, 0.2) is 4.42 Å². The highest BCUT2D eigenvalue weighted by Crippen LogP contribution is 2.26. The van der Waals surface area contributed by atoms with Crippen LogP contribution in [0.2, 0.25) is 0 Å². The van der Waals surface area contributed by atoms with Crippen molar-refractivity contribution < 1.29 is 4.42 Å². The molecule has 1 rings (SSSR count). The molecule has 1 aromatic heterocycles. The van der Waals surface area contributed by atoms with Crippen LogP contribution in [-0.2, 0) is 6.54 Å². The molecule has 0 aliphatic carbocycles. The summed E-state index contributed by atoms with van der Waals surface area (Å²) in [4.78, 5) is 2.03. The van der Waals surface area contributed by atoms with E-state index in [-0.39, 0.29) is 5.41 Å². The van der Waals surface area contributed by atoms with Gasteiger partial charge in [-0.2, -0.15) is 0 Å². The number of hydrogen-bond donors (Lipinski definition) is 1. The van der Waals surface area contributed by atoms with Crippen molar-refractivity contribution in [1.82, 2.24) is 15.5 Å². The number of rotatable bonds is 5. The Morgan fingerprint density at radius 1 is 1.35 bits per heavy atom. The second kappa shape index (κ2) is 5.49. The van der Waals surface area contributed by atoms with E-state index < -0.39 is 0 Å². The van der Waals surface area contributed by atoms with Gasteiger partial charge in [-0.3, -0.25) is 0 Å². The maximum absolute atomic E-state index is 5.60. The molecule has 1 atom stereocenters. The fourth-order valence-corrected chi connectivity index (χ4v) is 1.44. The van der Waals surface area contributed by atoms with Crippen LogP contribution in [-0.4, -0.2) is 29.8 Å². The minimum absolute atomic E-state index is 0.172. The van der Waals surface area contributed by atoms with Gasteiger partial charge in [0.05, 0.1) is 6.54 Å². The summed E-state index contributed by atoms with van der Waals surface area (Å²) >= 11 is 0. The fourth-order valence-electron chi connectivity index (χ4n) is 1.44. The summed E-state index contributed by atoms with van der Waals surface area (Å²) in [6, 6.07) is 0.912. The molecule has 0 saturated carbocycles. The van der Waals surface area contributed by atoms with E-state index in [9.17, 15) is 0 Å². The predicted molar refractivity (Wildman–Crippen MR) is 69.0 cm³/mol. The number of anilines is 1. The summed E-state index contributed by atoms with van der Waals surface area (Å²) in [5.41, 5.74) is 0.172. The number of aromatic nitrogens is 2. The van der Waals surface area contributed by atoms with Gasteiger partial charge in [0.25, 0.3) is 0 Å². The maximum atomic E-state index is 5.60. The topological polar surface area (TPSA) is 54.2 Å². The number of nitrogens with zero attached hydrogens (tertiary/aromatic N) is 3. The molecule has 0 radical (unpaired) electrons. The highest BCUT2D eigenvalue weighted by Gasteiger charge is 2.26. The van der Waals surface area contributed by atoms with Crippen LogP contribution in [0.5, 0.6) is 0 Å². The van der Waals surface area contributed by atoms with Crippen LogP contribution in [0.4, 0.5) is 6.01 Å². The molecule has 0 aliphatic heterocycles.